The Bertz CT molecular complexity index is 1470. The Kier molecular flexibility index (Phi) is 8.64. The lowest BCUT2D eigenvalue weighted by molar-refractivity contribution is -0.671. The number of halogens is 2. The van der Waals surface area contributed by atoms with E-state index in [1.165, 1.54) is 48.5 Å². The molecule has 7 nitrogen and oxygen atoms in total. The molecule has 1 aromatic heterocycles. The van der Waals surface area contributed by atoms with Gasteiger partial charge in [0.2, 0.25) is 12.2 Å². The first-order chi connectivity index (χ1) is 19.8. The lowest BCUT2D eigenvalue weighted by Crippen LogP contribution is -2.55. The minimum absolute atomic E-state index is 0.00367. The molecule has 0 saturated carbocycles. The number of nitrogens with zero attached hydrogens (tertiary/aromatic N) is 3. The maximum absolute atomic E-state index is 13.6. The number of imidazole rings is 1. The van der Waals surface area contributed by atoms with Gasteiger partial charge in [-0.1, -0.05) is 12.1 Å². The van der Waals surface area contributed by atoms with Crippen molar-refractivity contribution in [2.75, 3.05) is 11.5 Å². The minimum Gasteiger partial charge on any atom is -0.507 e. The number of amides is 1. The quantitative estimate of drug-likeness (QED) is 0.138. The average Bonchev–Trinajstić information content (AvgIpc) is 3.38. The molecule has 1 fully saturated rings. The number of benzene rings is 3. The third-order valence-electron chi connectivity index (χ3n) is 7.55. The van der Waals surface area contributed by atoms with Crippen LogP contribution >= 0.6 is 0 Å². The van der Waals surface area contributed by atoms with E-state index in [9.17, 15) is 23.8 Å². The van der Waals surface area contributed by atoms with Crippen molar-refractivity contribution < 1.29 is 33.1 Å². The van der Waals surface area contributed by atoms with Crippen LogP contribution in [0.1, 0.15) is 49.0 Å². The highest BCUT2D eigenvalue weighted by atomic mass is 19.1. The van der Waals surface area contributed by atoms with Gasteiger partial charge >= 0.3 is 0 Å². The number of carbonyl (C=O) groups excluding carboxylic acids is 1. The van der Waals surface area contributed by atoms with E-state index in [0.717, 1.165) is 19.4 Å². The average molecular weight is 563 g/mol. The molecule has 5 rings (SSSR count). The highest BCUT2D eigenvalue weighted by Gasteiger charge is 2.49. The maximum Gasteiger partial charge on any atom is 0.243 e. The zero-order chi connectivity index (χ0) is 28.9. The summed E-state index contributed by atoms with van der Waals surface area (Å²) in [5.41, 5.74) is 1.63. The SMILES string of the molecule is C[n+]1ccn(CCCCOc2ccc([C@@H]3C(CC[C@H](O)c4ccc(F)cc4)C(=O)N3c3ccc(F)cc3)c(O)c2)c1. The smallest absolute Gasteiger partial charge is 0.243 e. The maximum atomic E-state index is 13.6. The number of aryl methyl sites for hydroxylation is 2. The predicted octanol–water partition coefficient (Wildman–Crippen LogP) is 5.37. The Labute approximate surface area is 237 Å². The highest BCUT2D eigenvalue weighted by molar-refractivity contribution is 6.03. The second-order valence-electron chi connectivity index (χ2n) is 10.5. The molecule has 0 bridgehead atoms. The van der Waals surface area contributed by atoms with Gasteiger partial charge in [0.15, 0.2) is 0 Å². The number of hydrogen-bond donors (Lipinski definition) is 2. The molecule has 0 spiro atoms. The number of unbranched alkanes of at least 4 members (excludes halogenated alkanes) is 1. The standard InChI is InChI=1S/C32H33F2N3O4/c1-35-17-18-36(21-35)16-2-3-19-41-26-12-13-27(30(39)20-26)31-28(14-15-29(38)22-4-6-23(33)7-5-22)32(40)37(31)25-10-8-24(34)9-11-25/h4-13,17-18,20-21,28-29,31,38H,2-3,14-16,19H2,1H3/p+1/t28?,29-,31+/m0/s1. The number of aromatic nitrogens is 2. The van der Waals surface area contributed by atoms with Crippen molar-refractivity contribution in [2.24, 2.45) is 13.0 Å². The normalized spacial score (nSPS) is 17.4. The van der Waals surface area contributed by atoms with Gasteiger partial charge in [-0.15, -0.1) is 0 Å². The topological polar surface area (TPSA) is 78.8 Å². The van der Waals surface area contributed by atoms with Crippen molar-refractivity contribution in [3.8, 4) is 11.5 Å². The zero-order valence-electron chi connectivity index (χ0n) is 22.9. The number of hydrogen-bond acceptors (Lipinski definition) is 4. The minimum atomic E-state index is -0.867. The van der Waals surface area contributed by atoms with Crippen molar-refractivity contribution in [3.05, 3.63) is 108 Å². The largest absolute Gasteiger partial charge is 0.507 e. The second kappa shape index (κ2) is 12.5. The highest BCUT2D eigenvalue weighted by Crippen LogP contribution is 2.49. The first kappa shape index (κ1) is 28.3. The third kappa shape index (κ3) is 6.57. The van der Waals surface area contributed by atoms with E-state index < -0.39 is 23.9 Å². The molecule has 1 amide bonds. The van der Waals surface area contributed by atoms with Crippen LogP contribution in [0.25, 0.3) is 0 Å². The number of β-lactam (4-membered cyclic amide) rings is 1. The van der Waals surface area contributed by atoms with Gasteiger partial charge in [0.05, 0.1) is 38.3 Å². The van der Waals surface area contributed by atoms with Gasteiger partial charge in [0, 0.05) is 17.3 Å². The van der Waals surface area contributed by atoms with Gasteiger partial charge in [-0.25, -0.2) is 17.9 Å². The second-order valence-corrected chi connectivity index (χ2v) is 10.5. The summed E-state index contributed by atoms with van der Waals surface area (Å²) in [5, 5.41) is 21.7. The molecule has 3 atom stereocenters. The molecule has 4 aromatic rings. The Balaban J connectivity index is 1.26. The van der Waals surface area contributed by atoms with Crippen LogP contribution in [0.3, 0.4) is 0 Å². The Morgan fingerprint density at radius 1 is 1.00 bits per heavy atom. The fraction of sp³-hybridized carbons (Fsp3) is 0.312. The van der Waals surface area contributed by atoms with E-state index >= 15 is 0 Å². The van der Waals surface area contributed by atoms with Crippen LogP contribution in [0.4, 0.5) is 14.5 Å². The van der Waals surface area contributed by atoms with Crippen LogP contribution in [0.2, 0.25) is 0 Å². The summed E-state index contributed by atoms with van der Waals surface area (Å²) in [6, 6.07) is 15.8. The molecule has 41 heavy (non-hydrogen) atoms. The number of aromatic hydroxyl groups is 1. The summed E-state index contributed by atoms with van der Waals surface area (Å²) in [6.45, 7) is 1.39. The van der Waals surface area contributed by atoms with Crippen LogP contribution in [0, 0.1) is 17.6 Å². The number of carbonyl (C=O) groups is 1. The third-order valence-corrected chi connectivity index (χ3v) is 7.55. The molecular weight excluding hydrogens is 528 g/mol. The number of ether oxygens (including phenoxy) is 1. The van der Waals surface area contributed by atoms with Crippen molar-refractivity contribution in [2.45, 2.75) is 44.4 Å². The van der Waals surface area contributed by atoms with Crippen LogP contribution in [-0.4, -0.2) is 27.3 Å². The lowest BCUT2D eigenvalue weighted by Gasteiger charge is -2.48. The number of rotatable bonds is 12. The summed E-state index contributed by atoms with van der Waals surface area (Å²) in [7, 11) is 1.98. The van der Waals surface area contributed by atoms with Gasteiger partial charge in [0.1, 0.15) is 35.5 Å². The number of anilines is 1. The molecular formula is C32H34F2N3O4+. The number of aliphatic hydroxyl groups is 1. The van der Waals surface area contributed by atoms with Crippen molar-refractivity contribution in [3.63, 3.8) is 0 Å². The molecule has 1 unspecified atom stereocenters. The van der Waals surface area contributed by atoms with Crippen LogP contribution in [0.15, 0.2) is 85.5 Å². The van der Waals surface area contributed by atoms with Gasteiger partial charge in [0.25, 0.3) is 0 Å². The Morgan fingerprint density at radius 2 is 1.71 bits per heavy atom. The van der Waals surface area contributed by atoms with Gasteiger partial charge < -0.3 is 19.8 Å². The molecule has 1 aliphatic rings. The summed E-state index contributed by atoms with van der Waals surface area (Å²) >= 11 is 0. The van der Waals surface area contributed by atoms with E-state index in [4.69, 9.17) is 4.74 Å². The Morgan fingerprint density at radius 3 is 2.37 bits per heavy atom. The van der Waals surface area contributed by atoms with Crippen molar-refractivity contribution in [1.29, 1.82) is 0 Å². The molecule has 3 aromatic carbocycles. The van der Waals surface area contributed by atoms with Crippen molar-refractivity contribution in [1.82, 2.24) is 4.57 Å². The fourth-order valence-corrected chi connectivity index (χ4v) is 5.35. The van der Waals surface area contributed by atoms with Crippen LogP contribution in [0.5, 0.6) is 11.5 Å². The predicted molar refractivity (Wildman–Crippen MR) is 149 cm³/mol. The van der Waals surface area contributed by atoms with E-state index in [1.54, 1.807) is 23.1 Å². The molecule has 1 aliphatic heterocycles. The Hall–Kier alpha value is -4.24. The summed E-state index contributed by atoms with van der Waals surface area (Å²) in [6.07, 6.45) is 7.58. The first-order valence-corrected chi connectivity index (χ1v) is 13.8. The zero-order valence-corrected chi connectivity index (χ0v) is 22.9. The molecule has 0 aliphatic carbocycles. The number of aliphatic hydroxyl groups excluding tert-OH is 1. The van der Waals surface area contributed by atoms with E-state index in [1.807, 2.05) is 30.3 Å². The lowest BCUT2D eigenvalue weighted by atomic mass is 9.78. The molecule has 0 radical (unpaired) electrons. The number of phenolic OH excluding ortho intramolecular Hbond substituents is 1. The van der Waals surface area contributed by atoms with Crippen LogP contribution < -0.4 is 14.2 Å². The van der Waals surface area contributed by atoms with E-state index in [-0.39, 0.29) is 23.9 Å². The van der Waals surface area contributed by atoms with Gasteiger partial charge in [-0.2, -0.15) is 0 Å². The molecule has 214 valence electrons. The summed E-state index contributed by atoms with van der Waals surface area (Å²) < 4.78 is 36.9. The first-order valence-electron chi connectivity index (χ1n) is 13.8. The molecule has 2 N–H and O–H groups in total. The van der Waals surface area contributed by atoms with Gasteiger partial charge in [-0.05, 0) is 79.8 Å². The van der Waals surface area contributed by atoms with Crippen molar-refractivity contribution >= 4 is 11.6 Å². The summed E-state index contributed by atoms with van der Waals surface area (Å²) in [5.74, 6) is -0.965. The number of phenols is 1. The van der Waals surface area contributed by atoms with E-state index in [0.29, 0.717) is 35.6 Å². The monoisotopic (exact) mass is 562 g/mol. The molecule has 1 saturated heterocycles. The summed E-state index contributed by atoms with van der Waals surface area (Å²) in [4.78, 5) is 14.8. The van der Waals surface area contributed by atoms with Gasteiger partial charge in [-0.3, -0.25) is 4.79 Å². The molecule has 2 heterocycles. The van der Waals surface area contributed by atoms with Crippen LogP contribution in [-0.2, 0) is 18.4 Å². The molecule has 9 heteroatoms. The fourth-order valence-electron chi connectivity index (χ4n) is 5.35. The van der Waals surface area contributed by atoms with E-state index in [2.05, 4.69) is 4.57 Å².